The van der Waals surface area contributed by atoms with Crippen molar-refractivity contribution in [2.45, 2.75) is 17.6 Å². The lowest BCUT2D eigenvalue weighted by atomic mass is 10.2. The smallest absolute Gasteiger partial charge is 0.187 e. The lowest BCUT2D eigenvalue weighted by Gasteiger charge is -2.03. The Balaban J connectivity index is 3.02. The molecule has 0 aliphatic carbocycles. The predicted octanol–water partition coefficient (Wildman–Crippen LogP) is 1.40. The first kappa shape index (κ1) is 9.77. The second kappa shape index (κ2) is 4.64. The molecule has 2 N–H and O–H groups in total. The van der Waals surface area contributed by atoms with Crippen molar-refractivity contribution in [1.29, 1.82) is 0 Å². The highest BCUT2D eigenvalue weighted by molar-refractivity contribution is 7.98. The summed E-state index contributed by atoms with van der Waals surface area (Å²) in [5.74, 6) is 0.418. The second-order valence-corrected chi connectivity index (χ2v) is 3.21. The number of nitrogens with two attached hydrogens (primary N) is 1. The molecule has 0 saturated carbocycles. The van der Waals surface area contributed by atoms with E-state index in [9.17, 15) is 0 Å². The topological polar surface area (TPSA) is 51.8 Å². The summed E-state index contributed by atoms with van der Waals surface area (Å²) in [6.07, 6.45) is 3.66. The van der Waals surface area contributed by atoms with Gasteiger partial charge in [-0.25, -0.2) is 9.97 Å². The highest BCUT2D eigenvalue weighted by Gasteiger charge is 2.03. The van der Waals surface area contributed by atoms with Gasteiger partial charge in [-0.15, -0.1) is 11.6 Å². The maximum absolute atomic E-state index is 5.66. The molecule has 1 aromatic rings. The summed E-state index contributed by atoms with van der Waals surface area (Å²) >= 11 is 7.16. The minimum absolute atomic E-state index is 0.415. The molecule has 12 heavy (non-hydrogen) atoms. The summed E-state index contributed by atoms with van der Waals surface area (Å²) in [6.45, 7) is 0.415. The molecule has 0 aromatic carbocycles. The highest BCUT2D eigenvalue weighted by Crippen LogP contribution is 2.12. The molecule has 0 aliphatic heterocycles. The number of hydrogen-bond donors (Lipinski definition) is 1. The first-order chi connectivity index (χ1) is 5.81. The van der Waals surface area contributed by atoms with E-state index in [0.717, 1.165) is 16.4 Å². The Hall–Kier alpha value is -0.320. The van der Waals surface area contributed by atoms with Gasteiger partial charge in [-0.05, 0) is 6.26 Å². The van der Waals surface area contributed by atoms with Crippen LogP contribution in [-0.2, 0) is 12.4 Å². The summed E-state index contributed by atoms with van der Waals surface area (Å²) in [6, 6.07) is 0. The molecule has 0 aliphatic rings. The molecule has 5 heteroatoms. The maximum Gasteiger partial charge on any atom is 0.187 e. The molecule has 1 heterocycles. The molecule has 0 amide bonds. The van der Waals surface area contributed by atoms with Crippen LogP contribution in [0, 0.1) is 0 Å². The average Bonchev–Trinajstić information content (AvgIpc) is 2.16. The summed E-state index contributed by atoms with van der Waals surface area (Å²) in [7, 11) is 0. The van der Waals surface area contributed by atoms with Crippen LogP contribution in [-0.4, -0.2) is 16.2 Å². The van der Waals surface area contributed by atoms with E-state index in [4.69, 9.17) is 17.3 Å². The minimum atomic E-state index is 0.415. The van der Waals surface area contributed by atoms with Crippen molar-refractivity contribution in [3.05, 3.63) is 17.5 Å². The van der Waals surface area contributed by atoms with Gasteiger partial charge < -0.3 is 5.73 Å². The van der Waals surface area contributed by atoms with Crippen molar-refractivity contribution in [3.63, 3.8) is 0 Å². The SMILES string of the molecule is CSc1ncc(CCl)c(CN)n1. The molecule has 0 unspecified atom stereocenters. The molecule has 0 spiro atoms. The first-order valence-corrected chi connectivity index (χ1v) is 5.22. The number of nitrogens with zero attached hydrogens (tertiary/aromatic N) is 2. The predicted molar refractivity (Wildman–Crippen MR) is 51.3 cm³/mol. The maximum atomic E-state index is 5.66. The van der Waals surface area contributed by atoms with Crippen molar-refractivity contribution in [2.75, 3.05) is 6.26 Å². The first-order valence-electron chi connectivity index (χ1n) is 3.46. The van der Waals surface area contributed by atoms with E-state index in [1.807, 2.05) is 6.26 Å². The van der Waals surface area contributed by atoms with Gasteiger partial charge in [-0.3, -0.25) is 0 Å². The zero-order valence-electron chi connectivity index (χ0n) is 6.75. The normalized spacial score (nSPS) is 10.2. The molecule has 3 nitrogen and oxygen atoms in total. The third kappa shape index (κ3) is 2.09. The molecule has 0 atom stereocenters. The van der Waals surface area contributed by atoms with E-state index in [1.54, 1.807) is 6.20 Å². The number of alkyl halides is 1. The van der Waals surface area contributed by atoms with Gasteiger partial charge in [0.2, 0.25) is 0 Å². The Morgan fingerprint density at radius 1 is 1.67 bits per heavy atom. The molecule has 1 rings (SSSR count). The molecule has 0 radical (unpaired) electrons. The fourth-order valence-corrected chi connectivity index (χ4v) is 1.39. The third-order valence-electron chi connectivity index (χ3n) is 1.45. The molecule has 0 fully saturated rings. The van der Waals surface area contributed by atoms with E-state index >= 15 is 0 Å². The van der Waals surface area contributed by atoms with Crippen LogP contribution in [0.15, 0.2) is 11.4 Å². The van der Waals surface area contributed by atoms with Crippen LogP contribution in [0.5, 0.6) is 0 Å². The fraction of sp³-hybridized carbons (Fsp3) is 0.429. The van der Waals surface area contributed by atoms with Crippen molar-refractivity contribution in [2.24, 2.45) is 5.73 Å². The monoisotopic (exact) mass is 203 g/mol. The number of hydrogen-bond acceptors (Lipinski definition) is 4. The quantitative estimate of drug-likeness (QED) is 0.459. The Labute approximate surface area is 80.7 Å². The van der Waals surface area contributed by atoms with E-state index in [-0.39, 0.29) is 0 Å². The Kier molecular flexibility index (Phi) is 3.78. The van der Waals surface area contributed by atoms with E-state index in [2.05, 4.69) is 9.97 Å². The fourth-order valence-electron chi connectivity index (χ4n) is 0.810. The van der Waals surface area contributed by atoms with Crippen LogP contribution >= 0.6 is 23.4 Å². The van der Waals surface area contributed by atoms with Crippen LogP contribution in [0.3, 0.4) is 0 Å². The summed E-state index contributed by atoms with van der Waals surface area (Å²) < 4.78 is 0. The van der Waals surface area contributed by atoms with Gasteiger partial charge in [0.1, 0.15) is 0 Å². The Morgan fingerprint density at radius 3 is 2.92 bits per heavy atom. The van der Waals surface area contributed by atoms with Gasteiger partial charge in [0, 0.05) is 18.3 Å². The third-order valence-corrected chi connectivity index (χ3v) is 2.30. The van der Waals surface area contributed by atoms with Gasteiger partial charge in [-0.2, -0.15) is 0 Å². The van der Waals surface area contributed by atoms with Gasteiger partial charge in [0.25, 0.3) is 0 Å². The van der Waals surface area contributed by atoms with Gasteiger partial charge in [0.15, 0.2) is 5.16 Å². The molecule has 66 valence electrons. The summed E-state index contributed by atoms with van der Waals surface area (Å²) in [5.41, 5.74) is 7.24. The van der Waals surface area contributed by atoms with Gasteiger partial charge in [-0.1, -0.05) is 11.8 Å². The highest BCUT2D eigenvalue weighted by atomic mass is 35.5. The van der Waals surface area contributed by atoms with Crippen LogP contribution < -0.4 is 5.73 Å². The lowest BCUT2D eigenvalue weighted by molar-refractivity contribution is 0.853. The summed E-state index contributed by atoms with van der Waals surface area (Å²) in [5, 5.41) is 0.740. The number of thioether (sulfide) groups is 1. The lowest BCUT2D eigenvalue weighted by Crippen LogP contribution is -2.05. The average molecular weight is 204 g/mol. The Bertz CT molecular complexity index is 267. The van der Waals surface area contributed by atoms with E-state index in [0.29, 0.717) is 12.4 Å². The molecule has 0 saturated heterocycles. The van der Waals surface area contributed by atoms with Crippen LogP contribution in [0.2, 0.25) is 0 Å². The van der Waals surface area contributed by atoms with Crippen molar-refractivity contribution in [3.8, 4) is 0 Å². The standard InChI is InChI=1S/C7H10ClN3S/c1-12-7-10-4-5(2-8)6(3-9)11-7/h4H,2-3,9H2,1H3. The van der Waals surface area contributed by atoms with E-state index in [1.165, 1.54) is 11.8 Å². The van der Waals surface area contributed by atoms with Crippen LogP contribution in [0.1, 0.15) is 11.3 Å². The van der Waals surface area contributed by atoms with Crippen LogP contribution in [0.4, 0.5) is 0 Å². The molecular weight excluding hydrogens is 194 g/mol. The van der Waals surface area contributed by atoms with Gasteiger partial charge >= 0.3 is 0 Å². The van der Waals surface area contributed by atoms with Crippen molar-refractivity contribution in [1.82, 2.24) is 9.97 Å². The zero-order valence-corrected chi connectivity index (χ0v) is 8.32. The Morgan fingerprint density at radius 2 is 2.42 bits per heavy atom. The van der Waals surface area contributed by atoms with Gasteiger partial charge in [0.05, 0.1) is 11.6 Å². The molecular formula is C7H10ClN3S. The number of halogens is 1. The largest absolute Gasteiger partial charge is 0.325 e. The van der Waals surface area contributed by atoms with Crippen molar-refractivity contribution >= 4 is 23.4 Å². The number of aromatic nitrogens is 2. The summed E-state index contributed by atoms with van der Waals surface area (Å²) in [4.78, 5) is 8.31. The van der Waals surface area contributed by atoms with Crippen molar-refractivity contribution < 1.29 is 0 Å². The zero-order chi connectivity index (χ0) is 8.97. The molecule has 1 aromatic heterocycles. The van der Waals surface area contributed by atoms with E-state index < -0.39 is 0 Å². The van der Waals surface area contributed by atoms with Crippen LogP contribution in [0.25, 0.3) is 0 Å². The molecule has 0 bridgehead atoms. The minimum Gasteiger partial charge on any atom is -0.325 e. The second-order valence-electron chi connectivity index (χ2n) is 2.17. The number of rotatable bonds is 3.